The third kappa shape index (κ3) is 7.23. The fourth-order valence-corrected chi connectivity index (χ4v) is 0.547. The van der Waals surface area contributed by atoms with E-state index in [-0.39, 0.29) is 0 Å². The highest BCUT2D eigenvalue weighted by Gasteiger charge is 1.91. The number of carbonyl (C=O) groups is 1. The van der Waals surface area contributed by atoms with Crippen LogP contribution in [0.3, 0.4) is 0 Å². The van der Waals surface area contributed by atoms with E-state index in [4.69, 9.17) is 5.73 Å². The maximum absolute atomic E-state index is 10.0. The van der Waals surface area contributed by atoms with E-state index in [9.17, 15) is 4.79 Å². The zero-order chi connectivity index (χ0) is 7.82. The molecule has 4 nitrogen and oxygen atoms in total. The molecule has 0 unspecified atom stereocenters. The Morgan fingerprint density at radius 1 is 1.70 bits per heavy atom. The molecule has 0 rings (SSSR count). The Morgan fingerprint density at radius 3 is 2.90 bits per heavy atom. The van der Waals surface area contributed by atoms with Crippen molar-refractivity contribution in [1.82, 2.24) is 5.32 Å². The number of nitrogens with one attached hydrogen (secondary N) is 1. The average molecular weight is 146 g/mol. The Bertz CT molecular complexity index is 95.7. The van der Waals surface area contributed by atoms with E-state index >= 15 is 0 Å². The molecule has 0 spiro atoms. The summed E-state index contributed by atoms with van der Waals surface area (Å²) in [5.41, 5.74) is 4.73. The van der Waals surface area contributed by atoms with Gasteiger partial charge in [-0.15, -0.1) is 0 Å². The van der Waals surface area contributed by atoms with Crippen molar-refractivity contribution >= 4 is 6.09 Å². The Hall–Kier alpha value is -0.770. The van der Waals surface area contributed by atoms with Crippen LogP contribution in [-0.4, -0.2) is 25.8 Å². The lowest BCUT2D eigenvalue weighted by Gasteiger charge is -2.00. The first kappa shape index (κ1) is 9.23. The molecule has 1 amide bonds. The first-order valence-corrected chi connectivity index (χ1v) is 3.40. The standard InChI is InChI=1S/C6H14N2O2/c1-2-8-4-3-5-10-6(7)9/h8H,2-5H2,1H3,(H2,7,9). The molecule has 0 aliphatic heterocycles. The van der Waals surface area contributed by atoms with Gasteiger partial charge < -0.3 is 15.8 Å². The van der Waals surface area contributed by atoms with Gasteiger partial charge in [0.1, 0.15) is 0 Å². The van der Waals surface area contributed by atoms with Crippen molar-refractivity contribution in [2.45, 2.75) is 13.3 Å². The van der Waals surface area contributed by atoms with Crippen molar-refractivity contribution < 1.29 is 9.53 Å². The van der Waals surface area contributed by atoms with Crippen LogP contribution in [0.25, 0.3) is 0 Å². The first-order chi connectivity index (χ1) is 4.77. The van der Waals surface area contributed by atoms with Crippen molar-refractivity contribution in [1.29, 1.82) is 0 Å². The van der Waals surface area contributed by atoms with E-state index in [2.05, 4.69) is 10.1 Å². The second kappa shape index (κ2) is 6.35. The highest BCUT2D eigenvalue weighted by Crippen LogP contribution is 1.79. The predicted octanol–water partition coefficient (Wildman–Crippen LogP) is 0.0813. The van der Waals surface area contributed by atoms with Crippen molar-refractivity contribution in [2.75, 3.05) is 19.7 Å². The summed E-state index contributed by atoms with van der Waals surface area (Å²) in [5.74, 6) is 0. The molecule has 0 aromatic carbocycles. The molecule has 0 aliphatic carbocycles. The smallest absolute Gasteiger partial charge is 0.404 e. The summed E-state index contributed by atoms with van der Waals surface area (Å²) in [6, 6.07) is 0. The molecule has 0 heterocycles. The van der Waals surface area contributed by atoms with Gasteiger partial charge >= 0.3 is 6.09 Å². The van der Waals surface area contributed by atoms with E-state index in [1.807, 2.05) is 6.92 Å². The van der Waals surface area contributed by atoms with E-state index in [1.165, 1.54) is 0 Å². The van der Waals surface area contributed by atoms with Crippen LogP contribution in [0.4, 0.5) is 4.79 Å². The van der Waals surface area contributed by atoms with Gasteiger partial charge in [0, 0.05) is 0 Å². The van der Waals surface area contributed by atoms with Crippen LogP contribution < -0.4 is 11.1 Å². The zero-order valence-corrected chi connectivity index (χ0v) is 6.22. The highest BCUT2D eigenvalue weighted by molar-refractivity contribution is 5.64. The predicted molar refractivity (Wildman–Crippen MR) is 38.7 cm³/mol. The highest BCUT2D eigenvalue weighted by atomic mass is 16.5. The quantitative estimate of drug-likeness (QED) is 0.540. The normalized spacial score (nSPS) is 9.30. The number of hydrogen-bond acceptors (Lipinski definition) is 3. The van der Waals surface area contributed by atoms with Gasteiger partial charge in [0.15, 0.2) is 0 Å². The fourth-order valence-electron chi connectivity index (χ4n) is 0.547. The number of carbonyl (C=O) groups excluding carboxylic acids is 1. The number of hydrogen-bond donors (Lipinski definition) is 2. The molecule has 0 radical (unpaired) electrons. The maximum atomic E-state index is 10.0. The van der Waals surface area contributed by atoms with Gasteiger partial charge in [0.25, 0.3) is 0 Å². The number of rotatable bonds is 5. The summed E-state index contributed by atoms with van der Waals surface area (Å²) in [6.07, 6.45) is 0.119. The molecular formula is C6H14N2O2. The number of ether oxygens (including phenoxy) is 1. The van der Waals surface area contributed by atoms with Gasteiger partial charge in [-0.25, -0.2) is 4.79 Å². The SMILES string of the molecule is CCNCCCOC(N)=O. The van der Waals surface area contributed by atoms with Crippen LogP contribution in [0.5, 0.6) is 0 Å². The van der Waals surface area contributed by atoms with Crippen LogP contribution in [0, 0.1) is 0 Å². The van der Waals surface area contributed by atoms with Gasteiger partial charge in [0.2, 0.25) is 0 Å². The third-order valence-electron chi connectivity index (χ3n) is 0.992. The van der Waals surface area contributed by atoms with Crippen LogP contribution >= 0.6 is 0 Å². The second-order valence-electron chi connectivity index (χ2n) is 1.87. The summed E-state index contributed by atoms with van der Waals surface area (Å²) in [6.45, 7) is 4.23. The number of amides is 1. The molecule has 4 heteroatoms. The van der Waals surface area contributed by atoms with Crippen molar-refractivity contribution in [3.05, 3.63) is 0 Å². The minimum absolute atomic E-state index is 0.405. The Labute approximate surface area is 60.7 Å². The third-order valence-corrected chi connectivity index (χ3v) is 0.992. The van der Waals surface area contributed by atoms with Gasteiger partial charge in [-0.2, -0.15) is 0 Å². The largest absolute Gasteiger partial charge is 0.450 e. The number of nitrogens with two attached hydrogens (primary N) is 1. The van der Waals surface area contributed by atoms with Crippen molar-refractivity contribution in [3.8, 4) is 0 Å². The minimum Gasteiger partial charge on any atom is -0.450 e. The monoisotopic (exact) mass is 146 g/mol. The lowest BCUT2D eigenvalue weighted by molar-refractivity contribution is 0.155. The minimum atomic E-state index is -0.698. The topological polar surface area (TPSA) is 64.3 Å². The van der Waals surface area contributed by atoms with Crippen molar-refractivity contribution in [3.63, 3.8) is 0 Å². The lowest BCUT2D eigenvalue weighted by atomic mass is 10.4. The lowest BCUT2D eigenvalue weighted by Crippen LogP contribution is -2.19. The summed E-state index contributed by atoms with van der Waals surface area (Å²) in [7, 11) is 0. The second-order valence-corrected chi connectivity index (χ2v) is 1.87. The van der Waals surface area contributed by atoms with E-state index in [1.54, 1.807) is 0 Å². The average Bonchev–Trinajstić information content (AvgIpc) is 1.87. The Balaban J connectivity index is 2.84. The van der Waals surface area contributed by atoms with E-state index in [0.29, 0.717) is 6.61 Å². The molecule has 0 saturated carbocycles. The van der Waals surface area contributed by atoms with Crippen LogP contribution in [0.15, 0.2) is 0 Å². The molecule has 0 aliphatic rings. The summed E-state index contributed by atoms with van der Waals surface area (Å²) in [4.78, 5) is 10.0. The van der Waals surface area contributed by atoms with Gasteiger partial charge in [-0.05, 0) is 19.5 Å². The zero-order valence-electron chi connectivity index (χ0n) is 6.22. The Kier molecular flexibility index (Phi) is 5.86. The fraction of sp³-hybridized carbons (Fsp3) is 0.833. The summed E-state index contributed by atoms with van der Waals surface area (Å²) in [5, 5.41) is 3.09. The summed E-state index contributed by atoms with van der Waals surface area (Å²) < 4.78 is 4.49. The molecule has 60 valence electrons. The summed E-state index contributed by atoms with van der Waals surface area (Å²) >= 11 is 0. The molecule has 0 saturated heterocycles. The Morgan fingerprint density at radius 2 is 2.40 bits per heavy atom. The van der Waals surface area contributed by atoms with Crippen LogP contribution in [-0.2, 0) is 4.74 Å². The van der Waals surface area contributed by atoms with Gasteiger partial charge in [-0.1, -0.05) is 6.92 Å². The van der Waals surface area contributed by atoms with Gasteiger partial charge in [-0.3, -0.25) is 0 Å². The van der Waals surface area contributed by atoms with Crippen molar-refractivity contribution in [2.24, 2.45) is 5.73 Å². The molecule has 0 fully saturated rings. The van der Waals surface area contributed by atoms with Gasteiger partial charge in [0.05, 0.1) is 6.61 Å². The molecule has 0 aromatic heterocycles. The molecule has 0 atom stereocenters. The van der Waals surface area contributed by atoms with Crippen LogP contribution in [0.1, 0.15) is 13.3 Å². The van der Waals surface area contributed by atoms with Crippen LogP contribution in [0.2, 0.25) is 0 Å². The first-order valence-electron chi connectivity index (χ1n) is 3.40. The van der Waals surface area contributed by atoms with E-state index in [0.717, 1.165) is 19.5 Å². The molecule has 0 aromatic rings. The molecule has 3 N–H and O–H groups in total. The maximum Gasteiger partial charge on any atom is 0.404 e. The molecular weight excluding hydrogens is 132 g/mol. The van der Waals surface area contributed by atoms with E-state index < -0.39 is 6.09 Å². The molecule has 0 bridgehead atoms. The number of primary amides is 1. The molecule has 10 heavy (non-hydrogen) atoms.